The third-order valence-corrected chi connectivity index (χ3v) is 3.51. The molecule has 0 atom stereocenters. The van der Waals surface area contributed by atoms with Gasteiger partial charge in [0.15, 0.2) is 0 Å². The van der Waals surface area contributed by atoms with Crippen LogP contribution in [0.4, 0.5) is 11.4 Å². The van der Waals surface area contributed by atoms with Crippen molar-refractivity contribution in [3.05, 3.63) is 59.2 Å². The standard InChI is InChI=1S/C18H22N2O/c1-4-15-7-5-6-14(3)18(15)20-17(21)12-19-16-10-8-13(2)9-11-16/h5-11,19H,4,12H2,1-3H3,(H,20,21). The van der Waals surface area contributed by atoms with Crippen LogP contribution in [0, 0.1) is 13.8 Å². The van der Waals surface area contributed by atoms with E-state index in [2.05, 4.69) is 23.6 Å². The van der Waals surface area contributed by atoms with Crippen molar-refractivity contribution < 1.29 is 4.79 Å². The Hall–Kier alpha value is -2.29. The Morgan fingerprint density at radius 1 is 1.05 bits per heavy atom. The van der Waals surface area contributed by atoms with Gasteiger partial charge in [-0.1, -0.05) is 42.8 Å². The maximum absolute atomic E-state index is 12.1. The molecule has 110 valence electrons. The minimum atomic E-state index is -0.0282. The molecule has 0 aromatic heterocycles. The molecule has 3 heteroatoms. The van der Waals surface area contributed by atoms with E-state index in [0.29, 0.717) is 0 Å². The Bertz CT molecular complexity index is 618. The zero-order valence-corrected chi connectivity index (χ0v) is 12.9. The molecule has 0 aliphatic rings. The molecule has 0 bridgehead atoms. The first-order valence-corrected chi connectivity index (χ1v) is 7.29. The van der Waals surface area contributed by atoms with Crippen molar-refractivity contribution in [2.45, 2.75) is 27.2 Å². The monoisotopic (exact) mass is 282 g/mol. The Balaban J connectivity index is 1.97. The van der Waals surface area contributed by atoms with E-state index in [4.69, 9.17) is 0 Å². The summed E-state index contributed by atoms with van der Waals surface area (Å²) in [5, 5.41) is 6.15. The van der Waals surface area contributed by atoms with E-state index in [0.717, 1.165) is 23.4 Å². The van der Waals surface area contributed by atoms with Gasteiger partial charge in [0, 0.05) is 11.4 Å². The second kappa shape index (κ2) is 6.93. The Morgan fingerprint density at radius 2 is 1.76 bits per heavy atom. The highest BCUT2D eigenvalue weighted by molar-refractivity contribution is 5.95. The molecule has 0 fully saturated rings. The van der Waals surface area contributed by atoms with Gasteiger partial charge in [-0.2, -0.15) is 0 Å². The molecule has 0 unspecified atom stereocenters. The number of nitrogens with one attached hydrogen (secondary N) is 2. The van der Waals surface area contributed by atoms with E-state index in [1.54, 1.807) is 0 Å². The summed E-state index contributed by atoms with van der Waals surface area (Å²) in [5.41, 5.74) is 5.36. The predicted octanol–water partition coefficient (Wildman–Crippen LogP) is 3.92. The SMILES string of the molecule is CCc1cccc(C)c1NC(=O)CNc1ccc(C)cc1. The maximum atomic E-state index is 12.1. The summed E-state index contributed by atoms with van der Waals surface area (Å²) in [6.45, 7) is 6.42. The first-order valence-electron chi connectivity index (χ1n) is 7.29. The van der Waals surface area contributed by atoms with Gasteiger partial charge in [-0.05, 0) is 43.5 Å². The summed E-state index contributed by atoms with van der Waals surface area (Å²) in [5.74, 6) is -0.0282. The first-order chi connectivity index (χ1) is 10.1. The lowest BCUT2D eigenvalue weighted by molar-refractivity contribution is -0.114. The number of hydrogen-bond acceptors (Lipinski definition) is 2. The lowest BCUT2D eigenvalue weighted by atomic mass is 10.1. The zero-order valence-electron chi connectivity index (χ0n) is 12.9. The third-order valence-electron chi connectivity index (χ3n) is 3.51. The fraction of sp³-hybridized carbons (Fsp3) is 0.278. The number of anilines is 2. The van der Waals surface area contributed by atoms with E-state index in [1.807, 2.05) is 50.2 Å². The van der Waals surface area contributed by atoms with Crippen molar-refractivity contribution in [3.63, 3.8) is 0 Å². The molecule has 0 saturated carbocycles. The Labute approximate surface area is 126 Å². The molecule has 1 amide bonds. The minimum Gasteiger partial charge on any atom is -0.376 e. The molecule has 2 aromatic carbocycles. The number of para-hydroxylation sites is 1. The molecule has 0 aliphatic heterocycles. The van der Waals surface area contributed by atoms with Crippen LogP contribution in [0.25, 0.3) is 0 Å². The van der Waals surface area contributed by atoms with Gasteiger partial charge >= 0.3 is 0 Å². The number of amides is 1. The van der Waals surface area contributed by atoms with Gasteiger partial charge in [-0.15, -0.1) is 0 Å². The Morgan fingerprint density at radius 3 is 2.43 bits per heavy atom. The van der Waals surface area contributed by atoms with Crippen LogP contribution in [0.15, 0.2) is 42.5 Å². The van der Waals surface area contributed by atoms with Gasteiger partial charge in [0.05, 0.1) is 6.54 Å². The molecule has 0 spiro atoms. The van der Waals surface area contributed by atoms with Crippen molar-refractivity contribution in [2.75, 3.05) is 17.2 Å². The van der Waals surface area contributed by atoms with Crippen LogP contribution in [0.3, 0.4) is 0 Å². The molecule has 0 heterocycles. The molecule has 0 saturated heterocycles. The zero-order chi connectivity index (χ0) is 15.2. The number of aryl methyl sites for hydroxylation is 3. The topological polar surface area (TPSA) is 41.1 Å². The molecular weight excluding hydrogens is 260 g/mol. The quantitative estimate of drug-likeness (QED) is 0.872. The van der Waals surface area contributed by atoms with E-state index in [9.17, 15) is 4.79 Å². The molecule has 2 N–H and O–H groups in total. The highest BCUT2D eigenvalue weighted by Crippen LogP contribution is 2.21. The number of carbonyl (C=O) groups is 1. The maximum Gasteiger partial charge on any atom is 0.243 e. The molecular formula is C18H22N2O. The molecule has 3 nitrogen and oxygen atoms in total. The summed E-state index contributed by atoms with van der Waals surface area (Å²) in [7, 11) is 0. The van der Waals surface area contributed by atoms with Gasteiger partial charge in [-0.3, -0.25) is 4.79 Å². The first kappa shape index (κ1) is 15.1. The number of benzene rings is 2. The second-order valence-corrected chi connectivity index (χ2v) is 5.23. The van der Waals surface area contributed by atoms with Crippen LogP contribution in [0.1, 0.15) is 23.6 Å². The van der Waals surface area contributed by atoms with Crippen LogP contribution >= 0.6 is 0 Å². The van der Waals surface area contributed by atoms with Crippen LogP contribution in [-0.4, -0.2) is 12.5 Å². The van der Waals surface area contributed by atoms with Crippen molar-refractivity contribution in [1.82, 2.24) is 0 Å². The second-order valence-electron chi connectivity index (χ2n) is 5.23. The number of carbonyl (C=O) groups excluding carboxylic acids is 1. The van der Waals surface area contributed by atoms with Crippen molar-refractivity contribution in [2.24, 2.45) is 0 Å². The van der Waals surface area contributed by atoms with Gasteiger partial charge in [-0.25, -0.2) is 0 Å². The van der Waals surface area contributed by atoms with Gasteiger partial charge < -0.3 is 10.6 Å². The van der Waals surface area contributed by atoms with Gasteiger partial charge in [0.2, 0.25) is 5.91 Å². The average molecular weight is 282 g/mol. The molecule has 0 radical (unpaired) electrons. The van der Waals surface area contributed by atoms with Crippen molar-refractivity contribution >= 4 is 17.3 Å². The molecule has 21 heavy (non-hydrogen) atoms. The molecule has 0 aliphatic carbocycles. The smallest absolute Gasteiger partial charge is 0.243 e. The van der Waals surface area contributed by atoms with E-state index in [1.165, 1.54) is 11.1 Å². The van der Waals surface area contributed by atoms with Gasteiger partial charge in [0.1, 0.15) is 0 Å². The summed E-state index contributed by atoms with van der Waals surface area (Å²) in [6.07, 6.45) is 0.905. The summed E-state index contributed by atoms with van der Waals surface area (Å²) in [4.78, 5) is 12.1. The predicted molar refractivity (Wildman–Crippen MR) is 88.9 cm³/mol. The van der Waals surface area contributed by atoms with Crippen LogP contribution < -0.4 is 10.6 Å². The van der Waals surface area contributed by atoms with E-state index in [-0.39, 0.29) is 12.5 Å². The summed E-state index contributed by atoms with van der Waals surface area (Å²) >= 11 is 0. The average Bonchev–Trinajstić information content (AvgIpc) is 2.49. The lowest BCUT2D eigenvalue weighted by Gasteiger charge is -2.13. The summed E-state index contributed by atoms with van der Waals surface area (Å²) in [6, 6.07) is 14.1. The van der Waals surface area contributed by atoms with E-state index >= 15 is 0 Å². The third kappa shape index (κ3) is 4.09. The molecule has 2 rings (SSSR count). The normalized spacial score (nSPS) is 10.2. The van der Waals surface area contributed by atoms with Crippen LogP contribution in [-0.2, 0) is 11.2 Å². The number of rotatable bonds is 5. The van der Waals surface area contributed by atoms with Crippen molar-refractivity contribution in [1.29, 1.82) is 0 Å². The Kier molecular flexibility index (Phi) is 4.99. The lowest BCUT2D eigenvalue weighted by Crippen LogP contribution is -2.22. The fourth-order valence-corrected chi connectivity index (χ4v) is 2.24. The minimum absolute atomic E-state index is 0.0282. The summed E-state index contributed by atoms with van der Waals surface area (Å²) < 4.78 is 0. The fourth-order valence-electron chi connectivity index (χ4n) is 2.24. The highest BCUT2D eigenvalue weighted by Gasteiger charge is 2.08. The van der Waals surface area contributed by atoms with Crippen molar-refractivity contribution in [3.8, 4) is 0 Å². The van der Waals surface area contributed by atoms with Crippen LogP contribution in [0.5, 0.6) is 0 Å². The largest absolute Gasteiger partial charge is 0.376 e. The highest BCUT2D eigenvalue weighted by atomic mass is 16.1. The van der Waals surface area contributed by atoms with Gasteiger partial charge in [0.25, 0.3) is 0 Å². The van der Waals surface area contributed by atoms with E-state index < -0.39 is 0 Å². The number of hydrogen-bond donors (Lipinski definition) is 2. The molecule has 2 aromatic rings. The van der Waals surface area contributed by atoms with Crippen LogP contribution in [0.2, 0.25) is 0 Å².